The second-order valence-electron chi connectivity index (χ2n) is 2.89. The first kappa shape index (κ1) is 11.4. The Morgan fingerprint density at radius 3 is 2.53 bits per heavy atom. The highest BCUT2D eigenvalue weighted by Crippen LogP contribution is 2.12. The summed E-state index contributed by atoms with van der Waals surface area (Å²) in [7, 11) is 0. The lowest BCUT2D eigenvalue weighted by atomic mass is 10.1. The lowest BCUT2D eigenvalue weighted by Gasteiger charge is -2.04. The number of Topliss-reactive ketones (excluding diaryl/α,β-unsaturated/α-hetero) is 1. The van der Waals surface area contributed by atoms with Gasteiger partial charge in [0.15, 0.2) is 5.78 Å². The number of aliphatic hydroxyl groups excluding tert-OH is 1. The Labute approximate surface area is 87.5 Å². The van der Waals surface area contributed by atoms with Gasteiger partial charge in [0.2, 0.25) is 0 Å². The third-order valence-electron chi connectivity index (χ3n) is 1.81. The molecule has 80 valence electrons. The van der Waals surface area contributed by atoms with E-state index in [0.29, 0.717) is 17.6 Å². The third kappa shape index (κ3) is 3.52. The van der Waals surface area contributed by atoms with Crippen LogP contribution in [0.5, 0.6) is 5.75 Å². The van der Waals surface area contributed by atoms with E-state index in [4.69, 9.17) is 9.84 Å². The first-order valence-electron chi connectivity index (χ1n) is 4.58. The molecule has 1 aromatic carbocycles. The van der Waals surface area contributed by atoms with Crippen LogP contribution in [0.2, 0.25) is 0 Å². The summed E-state index contributed by atoms with van der Waals surface area (Å²) < 4.78 is 5.12. The molecule has 0 aliphatic carbocycles. The van der Waals surface area contributed by atoms with Crippen LogP contribution in [0.25, 0.3) is 0 Å². The van der Waals surface area contributed by atoms with Gasteiger partial charge in [-0.25, -0.2) is 0 Å². The Kier molecular flexibility index (Phi) is 4.50. The van der Waals surface area contributed by atoms with Crippen molar-refractivity contribution in [3.63, 3.8) is 0 Å². The van der Waals surface area contributed by atoms with Crippen molar-refractivity contribution in [1.82, 2.24) is 0 Å². The number of ketones is 1. The highest BCUT2D eigenvalue weighted by Gasteiger charge is 2.04. The van der Waals surface area contributed by atoms with Crippen molar-refractivity contribution >= 4 is 12.1 Å². The van der Waals surface area contributed by atoms with Gasteiger partial charge in [0, 0.05) is 5.56 Å². The highest BCUT2D eigenvalue weighted by atomic mass is 16.5. The first-order valence-corrected chi connectivity index (χ1v) is 4.58. The van der Waals surface area contributed by atoms with E-state index in [-0.39, 0.29) is 25.4 Å². The van der Waals surface area contributed by atoms with Gasteiger partial charge in [-0.1, -0.05) is 0 Å². The first-order chi connectivity index (χ1) is 7.27. The summed E-state index contributed by atoms with van der Waals surface area (Å²) in [5, 5.41) is 8.52. The van der Waals surface area contributed by atoms with Gasteiger partial charge < -0.3 is 14.6 Å². The van der Waals surface area contributed by atoms with Gasteiger partial charge in [0.1, 0.15) is 18.6 Å². The third-order valence-corrected chi connectivity index (χ3v) is 1.81. The number of ether oxygens (including phenoxy) is 1. The number of rotatable bonds is 6. The molecule has 0 radical (unpaired) electrons. The van der Waals surface area contributed by atoms with Crippen LogP contribution >= 0.6 is 0 Å². The maximum atomic E-state index is 11.3. The Morgan fingerprint density at radius 1 is 1.33 bits per heavy atom. The van der Waals surface area contributed by atoms with Crippen molar-refractivity contribution in [3.8, 4) is 5.75 Å². The van der Waals surface area contributed by atoms with Crippen molar-refractivity contribution in [2.24, 2.45) is 0 Å². The summed E-state index contributed by atoms with van der Waals surface area (Å²) in [6, 6.07) is 6.46. The van der Waals surface area contributed by atoms with E-state index < -0.39 is 0 Å². The monoisotopic (exact) mass is 208 g/mol. The van der Waals surface area contributed by atoms with Crippen molar-refractivity contribution in [1.29, 1.82) is 0 Å². The minimum atomic E-state index is -0.210. The van der Waals surface area contributed by atoms with E-state index in [1.807, 2.05) is 0 Å². The maximum absolute atomic E-state index is 11.3. The van der Waals surface area contributed by atoms with Crippen LogP contribution in [0.1, 0.15) is 16.8 Å². The molecule has 0 aliphatic rings. The van der Waals surface area contributed by atoms with E-state index in [2.05, 4.69) is 0 Å². The Bertz CT molecular complexity index is 329. The topological polar surface area (TPSA) is 63.6 Å². The Balaban J connectivity index is 2.63. The molecule has 0 saturated heterocycles. The van der Waals surface area contributed by atoms with E-state index in [0.717, 1.165) is 0 Å². The molecule has 4 nitrogen and oxygen atoms in total. The minimum Gasteiger partial charge on any atom is -0.491 e. The standard InChI is InChI=1S/C11H12O4/c12-6-5-11(14)9-1-3-10(4-2-9)15-8-7-13/h1-4,6,13H,5,7-8H2. The van der Waals surface area contributed by atoms with E-state index in [1.54, 1.807) is 24.3 Å². The lowest BCUT2D eigenvalue weighted by Crippen LogP contribution is -2.02. The quantitative estimate of drug-likeness (QED) is 0.427. The minimum absolute atomic E-state index is 0.0498. The second kappa shape index (κ2) is 5.93. The number of benzene rings is 1. The van der Waals surface area contributed by atoms with Crippen molar-refractivity contribution in [2.45, 2.75) is 6.42 Å². The average Bonchev–Trinajstić information content (AvgIpc) is 2.27. The molecule has 15 heavy (non-hydrogen) atoms. The van der Waals surface area contributed by atoms with Gasteiger partial charge in [0.25, 0.3) is 0 Å². The van der Waals surface area contributed by atoms with Gasteiger partial charge in [-0.15, -0.1) is 0 Å². The normalized spacial score (nSPS) is 9.67. The molecule has 4 heteroatoms. The summed E-state index contributed by atoms with van der Waals surface area (Å²) in [4.78, 5) is 21.4. The summed E-state index contributed by atoms with van der Waals surface area (Å²) in [5.41, 5.74) is 0.485. The smallest absolute Gasteiger partial charge is 0.169 e. The molecule has 0 fully saturated rings. The van der Waals surface area contributed by atoms with Crippen molar-refractivity contribution in [3.05, 3.63) is 29.8 Å². The molecular weight excluding hydrogens is 196 g/mol. The summed E-state index contributed by atoms with van der Waals surface area (Å²) in [6.07, 6.45) is 0.481. The van der Waals surface area contributed by atoms with E-state index >= 15 is 0 Å². The molecule has 0 aliphatic heterocycles. The summed E-state index contributed by atoms with van der Waals surface area (Å²) in [5.74, 6) is 0.380. The van der Waals surface area contributed by atoms with E-state index in [1.165, 1.54) is 0 Å². The van der Waals surface area contributed by atoms with Gasteiger partial charge in [-0.3, -0.25) is 4.79 Å². The molecule has 1 aromatic rings. The van der Waals surface area contributed by atoms with E-state index in [9.17, 15) is 9.59 Å². The number of hydrogen-bond donors (Lipinski definition) is 1. The number of aldehydes is 1. The maximum Gasteiger partial charge on any atom is 0.169 e. The van der Waals surface area contributed by atoms with Crippen LogP contribution in [-0.2, 0) is 4.79 Å². The fourth-order valence-corrected chi connectivity index (χ4v) is 1.09. The van der Waals surface area contributed by atoms with Crippen LogP contribution in [0, 0.1) is 0 Å². The van der Waals surface area contributed by atoms with Gasteiger partial charge in [-0.2, -0.15) is 0 Å². The Morgan fingerprint density at radius 2 is 2.00 bits per heavy atom. The molecule has 0 saturated carbocycles. The summed E-state index contributed by atoms with van der Waals surface area (Å²) in [6.45, 7) is 0.174. The molecular formula is C11H12O4. The summed E-state index contributed by atoms with van der Waals surface area (Å²) >= 11 is 0. The molecule has 0 aromatic heterocycles. The SMILES string of the molecule is O=CCC(=O)c1ccc(OCCO)cc1. The number of carbonyl (C=O) groups excluding carboxylic acids is 2. The number of carbonyl (C=O) groups is 2. The molecule has 0 spiro atoms. The van der Waals surface area contributed by atoms with Crippen molar-refractivity contribution in [2.75, 3.05) is 13.2 Å². The molecule has 0 amide bonds. The molecule has 1 N–H and O–H groups in total. The zero-order chi connectivity index (χ0) is 11.1. The Hall–Kier alpha value is -1.68. The predicted molar refractivity (Wildman–Crippen MR) is 54.0 cm³/mol. The number of hydrogen-bond acceptors (Lipinski definition) is 4. The van der Waals surface area contributed by atoms with Gasteiger partial charge in [-0.05, 0) is 24.3 Å². The van der Waals surface area contributed by atoms with Gasteiger partial charge >= 0.3 is 0 Å². The fraction of sp³-hybridized carbons (Fsp3) is 0.273. The zero-order valence-corrected chi connectivity index (χ0v) is 8.18. The fourth-order valence-electron chi connectivity index (χ4n) is 1.09. The van der Waals surface area contributed by atoms with Crippen LogP contribution in [0.4, 0.5) is 0 Å². The molecule has 0 unspecified atom stereocenters. The van der Waals surface area contributed by atoms with Crippen LogP contribution in [0.15, 0.2) is 24.3 Å². The number of aliphatic hydroxyl groups is 1. The second-order valence-corrected chi connectivity index (χ2v) is 2.89. The van der Waals surface area contributed by atoms with Crippen LogP contribution in [0.3, 0.4) is 0 Å². The molecule has 1 rings (SSSR count). The largest absolute Gasteiger partial charge is 0.491 e. The predicted octanol–water partition coefficient (Wildman–Crippen LogP) is 0.829. The van der Waals surface area contributed by atoms with Crippen molar-refractivity contribution < 1.29 is 19.4 Å². The molecule has 0 bridgehead atoms. The lowest BCUT2D eigenvalue weighted by molar-refractivity contribution is -0.107. The van der Waals surface area contributed by atoms with Gasteiger partial charge in [0.05, 0.1) is 13.0 Å². The van der Waals surface area contributed by atoms with Crippen LogP contribution in [-0.4, -0.2) is 30.4 Å². The highest BCUT2D eigenvalue weighted by molar-refractivity contribution is 6.02. The molecule has 0 atom stereocenters. The molecule has 0 heterocycles. The zero-order valence-electron chi connectivity index (χ0n) is 8.18. The van der Waals surface area contributed by atoms with Crippen LogP contribution < -0.4 is 4.74 Å². The average molecular weight is 208 g/mol.